The van der Waals surface area contributed by atoms with Crippen LogP contribution in [0.15, 0.2) is 42.7 Å². The van der Waals surface area contributed by atoms with Crippen molar-refractivity contribution < 1.29 is 14.4 Å². The third kappa shape index (κ3) is 5.65. The summed E-state index contributed by atoms with van der Waals surface area (Å²) >= 11 is 0. The predicted molar refractivity (Wildman–Crippen MR) is 127 cm³/mol. The Kier molecular flexibility index (Phi) is 7.48. The molecule has 1 aliphatic heterocycles. The van der Waals surface area contributed by atoms with E-state index in [-0.39, 0.29) is 10.6 Å². The van der Waals surface area contributed by atoms with Crippen molar-refractivity contribution in [1.29, 1.82) is 0 Å². The standard InChI is InChI=1S/C23H28N6O4/c1-32-11-2-12-33-18-5-3-17(4-6-18)15-25-23-19-13-22(29(30)31)21(14-20(19)26-16-27-23)28-9-7-24-8-10-28/h3-6,13-14,16,24H,2,7-12,15H2,1H3,(H,25,26,27). The van der Waals surface area contributed by atoms with Gasteiger partial charge in [-0.05, 0) is 23.8 Å². The fraction of sp³-hybridized carbons (Fsp3) is 0.391. The fourth-order valence-electron chi connectivity index (χ4n) is 3.81. The zero-order valence-corrected chi connectivity index (χ0v) is 18.6. The fourth-order valence-corrected chi connectivity index (χ4v) is 3.81. The highest BCUT2D eigenvalue weighted by Crippen LogP contribution is 2.34. The van der Waals surface area contributed by atoms with Gasteiger partial charge in [-0.25, -0.2) is 9.97 Å². The number of nitrogens with zero attached hydrogens (tertiary/aromatic N) is 4. The van der Waals surface area contributed by atoms with E-state index in [0.29, 0.717) is 55.3 Å². The van der Waals surface area contributed by atoms with Crippen LogP contribution in [0.25, 0.3) is 10.9 Å². The highest BCUT2D eigenvalue weighted by molar-refractivity contribution is 5.94. The van der Waals surface area contributed by atoms with Crippen LogP contribution in [0.5, 0.6) is 5.75 Å². The lowest BCUT2D eigenvalue weighted by Gasteiger charge is -2.29. The second-order valence-electron chi connectivity index (χ2n) is 7.77. The van der Waals surface area contributed by atoms with E-state index in [0.717, 1.165) is 30.8 Å². The summed E-state index contributed by atoms with van der Waals surface area (Å²) in [6.07, 6.45) is 2.32. The number of piperazine rings is 1. The average Bonchev–Trinajstić information content (AvgIpc) is 2.85. The molecular weight excluding hydrogens is 424 g/mol. The molecule has 0 bridgehead atoms. The number of rotatable bonds is 10. The minimum Gasteiger partial charge on any atom is -0.494 e. The van der Waals surface area contributed by atoms with Crippen molar-refractivity contribution in [3.8, 4) is 5.75 Å². The molecule has 0 aliphatic carbocycles. The van der Waals surface area contributed by atoms with E-state index in [9.17, 15) is 10.1 Å². The lowest BCUT2D eigenvalue weighted by atomic mass is 10.1. The molecule has 1 aromatic heterocycles. The third-order valence-electron chi connectivity index (χ3n) is 5.53. The maximum Gasteiger partial charge on any atom is 0.293 e. The first-order chi connectivity index (χ1) is 16.2. The summed E-state index contributed by atoms with van der Waals surface area (Å²) < 4.78 is 10.7. The van der Waals surface area contributed by atoms with Gasteiger partial charge in [0.2, 0.25) is 0 Å². The molecule has 10 heteroatoms. The molecule has 3 aromatic rings. The van der Waals surface area contributed by atoms with Crippen molar-refractivity contribution in [2.75, 3.05) is 56.7 Å². The summed E-state index contributed by atoms with van der Waals surface area (Å²) in [5.74, 6) is 1.37. The van der Waals surface area contributed by atoms with Gasteiger partial charge in [-0.15, -0.1) is 0 Å². The largest absolute Gasteiger partial charge is 0.494 e. The number of aromatic nitrogens is 2. The summed E-state index contributed by atoms with van der Waals surface area (Å²) in [7, 11) is 1.67. The highest BCUT2D eigenvalue weighted by atomic mass is 16.6. The van der Waals surface area contributed by atoms with Crippen LogP contribution in [0, 0.1) is 10.1 Å². The molecule has 10 nitrogen and oxygen atoms in total. The summed E-state index contributed by atoms with van der Waals surface area (Å²) in [6.45, 7) is 4.81. The number of hydrogen-bond donors (Lipinski definition) is 2. The first-order valence-electron chi connectivity index (χ1n) is 11.0. The van der Waals surface area contributed by atoms with Crippen LogP contribution in [-0.2, 0) is 11.3 Å². The minimum atomic E-state index is -0.334. The molecule has 174 valence electrons. The molecule has 1 saturated heterocycles. The Morgan fingerprint density at radius 1 is 1.15 bits per heavy atom. The number of anilines is 2. The molecule has 1 aliphatic rings. The van der Waals surface area contributed by atoms with Crippen LogP contribution in [0.3, 0.4) is 0 Å². The third-order valence-corrected chi connectivity index (χ3v) is 5.53. The molecule has 0 amide bonds. The number of nitro benzene ring substituents is 1. The van der Waals surface area contributed by atoms with Crippen molar-refractivity contribution in [1.82, 2.24) is 15.3 Å². The lowest BCUT2D eigenvalue weighted by Crippen LogP contribution is -2.43. The minimum absolute atomic E-state index is 0.0669. The van der Waals surface area contributed by atoms with Gasteiger partial charge in [-0.2, -0.15) is 0 Å². The van der Waals surface area contributed by atoms with Gasteiger partial charge in [0.1, 0.15) is 23.6 Å². The van der Waals surface area contributed by atoms with Gasteiger partial charge in [0, 0.05) is 64.3 Å². The van der Waals surface area contributed by atoms with Crippen molar-refractivity contribution in [3.63, 3.8) is 0 Å². The maximum absolute atomic E-state index is 11.8. The zero-order valence-electron chi connectivity index (χ0n) is 18.6. The Morgan fingerprint density at radius 3 is 2.67 bits per heavy atom. The predicted octanol–water partition coefficient (Wildman–Crippen LogP) is 2.98. The van der Waals surface area contributed by atoms with Gasteiger partial charge in [0.15, 0.2) is 0 Å². The Balaban J connectivity index is 1.50. The first kappa shape index (κ1) is 22.7. The van der Waals surface area contributed by atoms with Gasteiger partial charge >= 0.3 is 0 Å². The molecule has 0 spiro atoms. The first-order valence-corrected chi connectivity index (χ1v) is 11.0. The van der Waals surface area contributed by atoms with Crippen molar-refractivity contribution >= 4 is 28.1 Å². The molecule has 33 heavy (non-hydrogen) atoms. The van der Waals surface area contributed by atoms with Crippen LogP contribution in [0.4, 0.5) is 17.2 Å². The average molecular weight is 453 g/mol. The molecule has 0 saturated carbocycles. The molecule has 0 radical (unpaired) electrons. The second kappa shape index (κ2) is 10.9. The molecule has 2 aromatic carbocycles. The molecule has 1 fully saturated rings. The van der Waals surface area contributed by atoms with Crippen molar-refractivity contribution in [2.45, 2.75) is 13.0 Å². The summed E-state index contributed by atoms with van der Waals surface area (Å²) in [4.78, 5) is 22.2. The quantitative estimate of drug-likeness (QED) is 0.272. The molecule has 0 atom stereocenters. The summed E-state index contributed by atoms with van der Waals surface area (Å²) in [5, 5.41) is 19.0. The van der Waals surface area contributed by atoms with Gasteiger partial charge in [-0.1, -0.05) is 12.1 Å². The van der Waals surface area contributed by atoms with E-state index in [4.69, 9.17) is 9.47 Å². The van der Waals surface area contributed by atoms with Gasteiger partial charge in [0.25, 0.3) is 5.69 Å². The number of hydrogen-bond acceptors (Lipinski definition) is 9. The molecule has 2 heterocycles. The molecular formula is C23H28N6O4. The summed E-state index contributed by atoms with van der Waals surface area (Å²) in [5.41, 5.74) is 2.38. The Morgan fingerprint density at radius 2 is 1.94 bits per heavy atom. The number of ether oxygens (including phenoxy) is 2. The smallest absolute Gasteiger partial charge is 0.293 e. The lowest BCUT2D eigenvalue weighted by molar-refractivity contribution is -0.384. The Bertz CT molecular complexity index is 1090. The summed E-state index contributed by atoms with van der Waals surface area (Å²) in [6, 6.07) is 11.2. The SMILES string of the molecule is COCCCOc1ccc(CNc2ncnc3cc(N4CCNCC4)c([N+](=O)[O-])cc23)cc1. The number of nitrogens with one attached hydrogen (secondary N) is 2. The highest BCUT2D eigenvalue weighted by Gasteiger charge is 2.23. The second-order valence-corrected chi connectivity index (χ2v) is 7.77. The van der Waals surface area contributed by atoms with Crippen LogP contribution in [-0.4, -0.2) is 61.4 Å². The van der Waals surface area contributed by atoms with Gasteiger partial charge in [-0.3, -0.25) is 10.1 Å². The number of nitro groups is 1. The number of methoxy groups -OCH3 is 1. The normalized spacial score (nSPS) is 13.8. The monoisotopic (exact) mass is 452 g/mol. The Hall–Kier alpha value is -3.50. The molecule has 4 rings (SSSR count). The van der Waals surface area contributed by atoms with E-state index < -0.39 is 0 Å². The number of fused-ring (bicyclic) bond motifs is 1. The van der Waals surface area contributed by atoms with E-state index in [2.05, 4.69) is 20.6 Å². The van der Waals surface area contributed by atoms with Gasteiger partial charge in [0.05, 0.1) is 17.0 Å². The number of benzene rings is 2. The maximum atomic E-state index is 11.8. The van der Waals surface area contributed by atoms with Crippen molar-refractivity contribution in [2.24, 2.45) is 0 Å². The van der Waals surface area contributed by atoms with Crippen LogP contribution < -0.4 is 20.3 Å². The van der Waals surface area contributed by atoms with E-state index in [1.165, 1.54) is 6.33 Å². The van der Waals surface area contributed by atoms with Crippen LogP contribution in [0.2, 0.25) is 0 Å². The van der Waals surface area contributed by atoms with E-state index in [1.54, 1.807) is 19.2 Å². The van der Waals surface area contributed by atoms with E-state index in [1.807, 2.05) is 29.2 Å². The van der Waals surface area contributed by atoms with Crippen molar-refractivity contribution in [3.05, 3.63) is 58.4 Å². The van der Waals surface area contributed by atoms with Crippen LogP contribution >= 0.6 is 0 Å². The Labute approximate surface area is 192 Å². The topological polar surface area (TPSA) is 115 Å². The zero-order chi connectivity index (χ0) is 23.0. The van der Waals surface area contributed by atoms with Gasteiger partial charge < -0.3 is 25.0 Å². The van der Waals surface area contributed by atoms with E-state index >= 15 is 0 Å². The molecule has 2 N–H and O–H groups in total. The van der Waals surface area contributed by atoms with Crippen LogP contribution in [0.1, 0.15) is 12.0 Å². The molecule has 0 unspecified atom stereocenters.